The summed E-state index contributed by atoms with van der Waals surface area (Å²) >= 11 is -1.87. The van der Waals surface area contributed by atoms with Gasteiger partial charge in [0.25, 0.3) is 0 Å². The van der Waals surface area contributed by atoms with Gasteiger partial charge in [-0.3, -0.25) is 5.04 Å². The topological polar surface area (TPSA) is 98.7 Å². The van der Waals surface area contributed by atoms with Crippen molar-refractivity contribution >= 4 is 22.2 Å². The van der Waals surface area contributed by atoms with Crippen LogP contribution in [-0.4, -0.2) is 29.4 Å². The number of hydrogen-bond donors (Lipinski definition) is 0. The Hall–Kier alpha value is -0.280. The highest BCUT2D eigenvalue weighted by atomic mass is 32.2. The molecule has 0 heterocycles. The van der Waals surface area contributed by atoms with Gasteiger partial charge in [0.1, 0.15) is 12.0 Å². The van der Waals surface area contributed by atoms with Gasteiger partial charge in [0.2, 0.25) is 0 Å². The molecule has 0 bridgehead atoms. The van der Waals surface area contributed by atoms with Crippen LogP contribution in [0.25, 0.3) is 0 Å². The third kappa shape index (κ3) is 2.94. The van der Waals surface area contributed by atoms with E-state index in [1.807, 2.05) is 0 Å². The maximum atomic E-state index is 12.5. The fourth-order valence-corrected chi connectivity index (χ4v) is 1.29. The minimum absolute atomic E-state index is 1.87. The van der Waals surface area contributed by atoms with Crippen molar-refractivity contribution in [1.29, 1.82) is 0 Å². The van der Waals surface area contributed by atoms with Gasteiger partial charge in [-0.25, -0.2) is 8.42 Å². The molecule has 0 atom stereocenters. The Morgan fingerprint density at radius 2 is 1.47 bits per heavy atom. The second kappa shape index (κ2) is 4.77. The third-order valence-electron chi connectivity index (χ3n) is 1.21. The quantitative estimate of drug-likeness (QED) is 0.227. The van der Waals surface area contributed by atoms with Crippen LogP contribution in [0.4, 0.5) is 26.3 Å². The van der Waals surface area contributed by atoms with Crippen LogP contribution in [0.5, 0.6) is 0 Å². The summed E-state index contributed by atoms with van der Waals surface area (Å²) < 4.78 is 106. The van der Waals surface area contributed by atoms with Gasteiger partial charge in [-0.15, -0.1) is 0 Å². The summed E-state index contributed by atoms with van der Waals surface area (Å²) in [4.78, 5) is 0. The van der Waals surface area contributed by atoms with Crippen molar-refractivity contribution in [2.75, 3.05) is 0 Å². The normalized spacial score (nSPS) is 15.1. The summed E-state index contributed by atoms with van der Waals surface area (Å²) in [5.41, 5.74) is 0. The molecule has 0 fully saturated rings. The molecule has 0 aromatic heterocycles. The van der Waals surface area contributed by atoms with Gasteiger partial charge in [0.05, 0.1) is 0 Å². The van der Waals surface area contributed by atoms with E-state index in [0.717, 1.165) is 0 Å². The summed E-state index contributed by atoms with van der Waals surface area (Å²) in [7, 11) is -7.07. The van der Waals surface area contributed by atoms with Crippen LogP contribution >= 0.6 is 12.0 Å². The first kappa shape index (κ1) is 16.7. The maximum absolute atomic E-state index is 12.5. The van der Waals surface area contributed by atoms with Gasteiger partial charge >= 0.3 is 16.4 Å². The second-order valence-electron chi connectivity index (χ2n) is 2.28. The Morgan fingerprint density at radius 3 is 1.76 bits per heavy atom. The van der Waals surface area contributed by atoms with E-state index in [2.05, 4.69) is 9.37 Å². The smallest absolute Gasteiger partial charge is 0.403 e. The molecule has 6 nitrogen and oxygen atoms in total. The SMILES string of the molecule is O=S(=O)([O-])C(F)(F)C(F)(F)C(F)(F)SOO[O-]. The molecule has 104 valence electrons. The van der Waals surface area contributed by atoms with Crippen molar-refractivity contribution in [2.45, 2.75) is 16.4 Å². The molecule has 0 amide bonds. The van der Waals surface area contributed by atoms with E-state index >= 15 is 0 Å². The average Bonchev–Trinajstić information content (AvgIpc) is 2.12. The van der Waals surface area contributed by atoms with Crippen molar-refractivity contribution in [3.05, 3.63) is 0 Å². The van der Waals surface area contributed by atoms with Crippen LogP contribution < -0.4 is 5.26 Å². The van der Waals surface area contributed by atoms with Crippen LogP contribution in [-0.2, 0) is 19.5 Å². The van der Waals surface area contributed by atoms with Crippen LogP contribution in [0, 0.1) is 0 Å². The first-order chi connectivity index (χ1) is 7.31. The van der Waals surface area contributed by atoms with E-state index in [1.165, 1.54) is 0 Å². The summed E-state index contributed by atoms with van der Waals surface area (Å²) in [6.07, 6.45) is 0. The van der Waals surface area contributed by atoms with E-state index in [1.54, 1.807) is 0 Å². The molecule has 0 aromatic rings. The minimum Gasteiger partial charge on any atom is -0.743 e. The molecule has 0 aliphatic rings. The van der Waals surface area contributed by atoms with Crippen molar-refractivity contribution in [1.82, 2.24) is 0 Å². The van der Waals surface area contributed by atoms with E-state index in [9.17, 15) is 39.3 Å². The zero-order valence-corrected chi connectivity index (χ0v) is 8.67. The van der Waals surface area contributed by atoms with E-state index in [-0.39, 0.29) is 0 Å². The van der Waals surface area contributed by atoms with Crippen LogP contribution in [0.1, 0.15) is 0 Å². The molecule has 0 spiro atoms. The highest BCUT2D eigenvalue weighted by molar-refractivity contribution is 7.95. The van der Waals surface area contributed by atoms with Crippen molar-refractivity contribution in [2.24, 2.45) is 0 Å². The van der Waals surface area contributed by atoms with Gasteiger partial charge in [0.15, 0.2) is 10.1 Å². The van der Waals surface area contributed by atoms with Crippen LogP contribution in [0.3, 0.4) is 0 Å². The maximum Gasteiger partial charge on any atom is 0.403 e. The molecular weight excluding hydrogens is 310 g/mol. The van der Waals surface area contributed by atoms with Crippen LogP contribution in [0.2, 0.25) is 0 Å². The van der Waals surface area contributed by atoms with Gasteiger partial charge in [0, 0.05) is 0 Å². The molecule has 0 aliphatic heterocycles. The number of halogens is 6. The lowest BCUT2D eigenvalue weighted by Crippen LogP contribution is -2.56. The molecule has 0 radical (unpaired) electrons. The summed E-state index contributed by atoms with van der Waals surface area (Å²) in [6, 6.07) is 0. The zero-order chi connectivity index (χ0) is 14.1. The fraction of sp³-hybridized carbons (Fsp3) is 1.00. The lowest BCUT2D eigenvalue weighted by atomic mass is 10.3. The number of rotatable bonds is 6. The molecule has 0 aromatic carbocycles. The van der Waals surface area contributed by atoms with E-state index in [4.69, 9.17) is 5.26 Å². The van der Waals surface area contributed by atoms with Crippen LogP contribution in [0.15, 0.2) is 0 Å². The Labute approximate surface area is 93.3 Å². The molecular formula is C3F6O6S2-2. The molecule has 0 N–H and O–H groups in total. The summed E-state index contributed by atoms with van der Waals surface area (Å²) in [6.45, 7) is 0. The lowest BCUT2D eigenvalue weighted by molar-refractivity contribution is -0.777. The predicted molar refractivity (Wildman–Crippen MR) is 34.3 cm³/mol. The molecule has 17 heavy (non-hydrogen) atoms. The molecule has 0 saturated heterocycles. The highest BCUT2D eigenvalue weighted by Crippen LogP contribution is 2.53. The molecule has 0 unspecified atom stereocenters. The van der Waals surface area contributed by atoms with Crippen molar-refractivity contribution in [3.8, 4) is 0 Å². The molecule has 0 aliphatic carbocycles. The number of alkyl halides is 6. The lowest BCUT2D eigenvalue weighted by Gasteiger charge is -2.32. The Bertz CT molecular complexity index is 366. The summed E-state index contributed by atoms with van der Waals surface area (Å²) in [5.74, 6) is -6.62. The highest BCUT2D eigenvalue weighted by Gasteiger charge is 2.76. The van der Waals surface area contributed by atoms with E-state index in [0.29, 0.717) is 0 Å². The third-order valence-corrected chi connectivity index (χ3v) is 2.69. The first-order valence-electron chi connectivity index (χ1n) is 3.04. The van der Waals surface area contributed by atoms with Gasteiger partial charge in [-0.2, -0.15) is 30.7 Å². The predicted octanol–water partition coefficient (Wildman–Crippen LogP) is 0.224. The fourth-order valence-electron chi connectivity index (χ4n) is 0.435. The molecule has 14 heteroatoms. The van der Waals surface area contributed by atoms with Crippen molar-refractivity contribution in [3.63, 3.8) is 0 Å². The Balaban J connectivity index is 5.39. The average molecular weight is 310 g/mol. The second-order valence-corrected chi connectivity index (χ2v) is 4.52. The number of hydrogen-bond acceptors (Lipinski definition) is 7. The summed E-state index contributed by atoms with van der Waals surface area (Å²) in [5, 5.41) is -1.25. The van der Waals surface area contributed by atoms with E-state index < -0.39 is 38.6 Å². The van der Waals surface area contributed by atoms with Gasteiger partial charge in [-0.1, -0.05) is 0 Å². The zero-order valence-electron chi connectivity index (χ0n) is 7.03. The Morgan fingerprint density at radius 1 is 1.06 bits per heavy atom. The first-order valence-corrected chi connectivity index (χ1v) is 5.19. The Kier molecular flexibility index (Phi) is 4.69. The molecule has 0 saturated carbocycles. The molecule has 0 rings (SSSR count). The van der Waals surface area contributed by atoms with Crippen molar-refractivity contribution < 1.29 is 53.9 Å². The largest absolute Gasteiger partial charge is 0.743 e. The van der Waals surface area contributed by atoms with Gasteiger partial charge in [-0.05, 0) is 0 Å². The minimum atomic E-state index is -7.07. The monoisotopic (exact) mass is 310 g/mol. The van der Waals surface area contributed by atoms with Gasteiger partial charge < -0.3 is 9.81 Å². The standard InChI is InChI=1S/C3H2F6O6S2/c4-1(5,2(6,7)16-15-14-10)3(8,9)17(11,12)13/h10H,(H,11,12,13)/p-2.